The number of rotatable bonds is 16. The predicted molar refractivity (Wildman–Crippen MR) is 110 cm³/mol. The molecule has 0 aliphatic heterocycles. The Kier molecular flexibility index (Phi) is 14.3. The third-order valence-corrected chi connectivity index (χ3v) is 9.08. The van der Waals surface area contributed by atoms with Gasteiger partial charge in [0.1, 0.15) is 0 Å². The summed E-state index contributed by atoms with van der Waals surface area (Å²) in [6.45, 7) is 23.2. The van der Waals surface area contributed by atoms with E-state index >= 15 is 0 Å². The van der Waals surface area contributed by atoms with Crippen molar-refractivity contribution in [2.45, 2.75) is 60.1 Å². The van der Waals surface area contributed by atoms with E-state index in [-0.39, 0.29) is 0 Å². The van der Waals surface area contributed by atoms with E-state index in [1.54, 1.807) is 0 Å². The van der Waals surface area contributed by atoms with Crippen molar-refractivity contribution >= 4 is 8.32 Å². The molecule has 0 bridgehead atoms. The summed E-state index contributed by atoms with van der Waals surface area (Å²) in [6, 6.07) is 1.20. The first-order valence-corrected chi connectivity index (χ1v) is 13.0. The van der Waals surface area contributed by atoms with Crippen molar-refractivity contribution in [3.05, 3.63) is 0 Å². The summed E-state index contributed by atoms with van der Waals surface area (Å²) in [5, 5.41) is 0. The SMILES string of the molecule is CCN(CC)CCCN(CCCN(CC)CC)C[Si](C)(CC)OC. The molecule has 0 aliphatic rings. The Morgan fingerprint density at radius 3 is 1.33 bits per heavy atom. The second-order valence-corrected chi connectivity index (χ2v) is 11.4. The number of hydrogen-bond donors (Lipinski definition) is 0. The Morgan fingerprint density at radius 1 is 0.667 bits per heavy atom. The molecule has 0 spiro atoms. The Bertz CT molecular complexity index is 262. The molecule has 1 atom stereocenters. The fourth-order valence-electron chi connectivity index (χ4n) is 3.18. The van der Waals surface area contributed by atoms with Crippen LogP contribution < -0.4 is 0 Å². The van der Waals surface area contributed by atoms with Gasteiger partial charge >= 0.3 is 0 Å². The van der Waals surface area contributed by atoms with Gasteiger partial charge in [-0.15, -0.1) is 0 Å². The molecule has 0 rings (SSSR count). The largest absolute Gasteiger partial charge is 0.419 e. The number of hydrogen-bond acceptors (Lipinski definition) is 4. The van der Waals surface area contributed by atoms with Crippen LogP contribution in [0, 0.1) is 0 Å². The highest BCUT2D eigenvalue weighted by atomic mass is 28.4. The summed E-state index contributed by atoms with van der Waals surface area (Å²) < 4.78 is 5.93. The van der Waals surface area contributed by atoms with E-state index < -0.39 is 8.32 Å². The van der Waals surface area contributed by atoms with Crippen molar-refractivity contribution < 1.29 is 4.43 Å². The van der Waals surface area contributed by atoms with Crippen molar-refractivity contribution in [1.82, 2.24) is 14.7 Å². The van der Waals surface area contributed by atoms with Crippen molar-refractivity contribution in [3.63, 3.8) is 0 Å². The minimum atomic E-state index is -1.55. The second-order valence-electron chi connectivity index (χ2n) is 7.04. The van der Waals surface area contributed by atoms with E-state index in [1.807, 2.05) is 7.11 Å². The topological polar surface area (TPSA) is 19.0 Å². The molecule has 4 nitrogen and oxygen atoms in total. The van der Waals surface area contributed by atoms with Gasteiger partial charge in [-0.25, -0.2) is 0 Å². The van der Waals surface area contributed by atoms with Crippen LogP contribution in [0.2, 0.25) is 12.6 Å². The first-order chi connectivity index (χ1) is 11.5. The minimum Gasteiger partial charge on any atom is -0.419 e. The van der Waals surface area contributed by atoms with Gasteiger partial charge in [0.2, 0.25) is 8.32 Å². The molecule has 0 aromatic rings. The Balaban J connectivity index is 4.48. The van der Waals surface area contributed by atoms with Crippen molar-refractivity contribution in [1.29, 1.82) is 0 Å². The molecule has 0 saturated heterocycles. The average Bonchev–Trinajstić information content (AvgIpc) is 2.61. The van der Waals surface area contributed by atoms with Gasteiger partial charge in [0, 0.05) is 13.3 Å². The van der Waals surface area contributed by atoms with E-state index in [0.29, 0.717) is 0 Å². The molecule has 0 aliphatic carbocycles. The predicted octanol–water partition coefficient (Wildman–Crippen LogP) is 3.53. The van der Waals surface area contributed by atoms with Gasteiger partial charge in [0.05, 0.1) is 0 Å². The lowest BCUT2D eigenvalue weighted by Crippen LogP contribution is -2.47. The van der Waals surface area contributed by atoms with Crippen LogP contribution in [0.5, 0.6) is 0 Å². The normalized spacial score (nSPS) is 14.8. The number of nitrogens with zero attached hydrogens (tertiary/aromatic N) is 3. The molecule has 0 heterocycles. The van der Waals surface area contributed by atoms with Crippen molar-refractivity contribution in [2.24, 2.45) is 0 Å². The van der Waals surface area contributed by atoms with Crippen LogP contribution in [0.1, 0.15) is 47.5 Å². The van der Waals surface area contributed by atoms with E-state index in [4.69, 9.17) is 4.43 Å². The highest BCUT2D eigenvalue weighted by molar-refractivity contribution is 6.72. The van der Waals surface area contributed by atoms with Crippen molar-refractivity contribution in [3.8, 4) is 0 Å². The summed E-state index contributed by atoms with van der Waals surface area (Å²) in [4.78, 5) is 7.74. The van der Waals surface area contributed by atoms with Crippen LogP contribution in [-0.2, 0) is 4.43 Å². The third kappa shape index (κ3) is 10.1. The molecule has 146 valence electrons. The maximum absolute atomic E-state index is 5.93. The van der Waals surface area contributed by atoms with Gasteiger partial charge < -0.3 is 19.1 Å². The molecule has 0 aromatic heterocycles. The maximum atomic E-state index is 5.93. The highest BCUT2D eigenvalue weighted by Gasteiger charge is 2.28. The standard InChI is InChI=1S/C19H45N3OSi/c1-8-20(9-2)15-13-17-22(19-24(7,12-5)23-6)18-14-16-21(10-3)11-4/h8-19H2,1-7H3. The molecule has 0 N–H and O–H groups in total. The summed E-state index contributed by atoms with van der Waals surface area (Å²) >= 11 is 0. The molecular weight excluding hydrogens is 314 g/mol. The van der Waals surface area contributed by atoms with Gasteiger partial charge in [0.25, 0.3) is 0 Å². The first-order valence-electron chi connectivity index (χ1n) is 10.2. The molecule has 0 fully saturated rings. The Labute approximate surface area is 153 Å². The van der Waals surface area contributed by atoms with Crippen molar-refractivity contribution in [2.75, 3.05) is 65.6 Å². The van der Waals surface area contributed by atoms with Gasteiger partial charge in [-0.3, -0.25) is 0 Å². The molecule has 5 heteroatoms. The average molecular weight is 360 g/mol. The molecule has 0 aromatic carbocycles. The van der Waals surface area contributed by atoms with Gasteiger partial charge in [0.15, 0.2) is 0 Å². The quantitative estimate of drug-likeness (QED) is 0.392. The highest BCUT2D eigenvalue weighted by Crippen LogP contribution is 2.13. The second kappa shape index (κ2) is 14.2. The lowest BCUT2D eigenvalue weighted by atomic mass is 10.3. The molecular formula is C19H45N3OSi. The summed E-state index contributed by atoms with van der Waals surface area (Å²) in [7, 11) is 0.367. The fraction of sp³-hybridized carbons (Fsp3) is 1.00. The molecule has 0 saturated carbocycles. The summed E-state index contributed by atoms with van der Waals surface area (Å²) in [5.74, 6) is 0. The zero-order chi connectivity index (χ0) is 18.4. The van der Waals surface area contributed by atoms with Crippen LogP contribution in [0.4, 0.5) is 0 Å². The van der Waals surface area contributed by atoms with E-state index in [2.05, 4.69) is 55.9 Å². The minimum absolute atomic E-state index is 1.16. The van der Waals surface area contributed by atoms with Crippen LogP contribution in [-0.4, -0.2) is 88.7 Å². The Hall–Kier alpha value is 0.0569. The molecule has 0 amide bonds. The van der Waals surface area contributed by atoms with Gasteiger partial charge in [-0.05, 0) is 77.8 Å². The fourth-order valence-corrected chi connectivity index (χ4v) is 5.08. The maximum Gasteiger partial charge on any atom is 0.202 e. The van der Waals surface area contributed by atoms with Crippen LogP contribution >= 0.6 is 0 Å². The van der Waals surface area contributed by atoms with Crippen LogP contribution in [0.15, 0.2) is 0 Å². The summed E-state index contributed by atoms with van der Waals surface area (Å²) in [5.41, 5.74) is 0. The smallest absolute Gasteiger partial charge is 0.202 e. The Morgan fingerprint density at radius 2 is 1.04 bits per heavy atom. The zero-order valence-corrected chi connectivity index (χ0v) is 18.7. The van der Waals surface area contributed by atoms with E-state index in [1.165, 1.54) is 51.2 Å². The van der Waals surface area contributed by atoms with Gasteiger partial charge in [-0.1, -0.05) is 34.6 Å². The lowest BCUT2D eigenvalue weighted by Gasteiger charge is -2.33. The van der Waals surface area contributed by atoms with E-state index in [0.717, 1.165) is 26.2 Å². The van der Waals surface area contributed by atoms with Gasteiger partial charge in [-0.2, -0.15) is 0 Å². The molecule has 0 radical (unpaired) electrons. The third-order valence-electron chi connectivity index (χ3n) is 5.48. The van der Waals surface area contributed by atoms with Crippen LogP contribution in [0.3, 0.4) is 0 Å². The molecule has 1 unspecified atom stereocenters. The van der Waals surface area contributed by atoms with E-state index in [9.17, 15) is 0 Å². The lowest BCUT2D eigenvalue weighted by molar-refractivity contribution is 0.226. The van der Waals surface area contributed by atoms with Crippen LogP contribution in [0.25, 0.3) is 0 Å². The zero-order valence-electron chi connectivity index (χ0n) is 17.7. The monoisotopic (exact) mass is 359 g/mol. The first kappa shape index (κ1) is 24.1. The molecule has 24 heavy (non-hydrogen) atoms. The summed E-state index contributed by atoms with van der Waals surface area (Å²) in [6.07, 6.45) is 3.71.